The number of hydrogen-bond donors (Lipinski definition) is 1. The number of methoxy groups -OCH3 is 1. The minimum absolute atomic E-state index is 0.263. The highest BCUT2D eigenvalue weighted by Crippen LogP contribution is 2.26. The van der Waals surface area contributed by atoms with E-state index in [9.17, 15) is 14.0 Å². The fourth-order valence-electron chi connectivity index (χ4n) is 2.71. The summed E-state index contributed by atoms with van der Waals surface area (Å²) < 4.78 is 20.6. The molecule has 0 aliphatic rings. The molecule has 0 atom stereocenters. The average molecular weight is 425 g/mol. The van der Waals surface area contributed by atoms with E-state index in [4.69, 9.17) is 4.74 Å². The molecule has 4 rings (SSSR count). The number of carbonyl (C=O) groups excluding carboxylic acids is 1. The average Bonchev–Trinajstić information content (AvgIpc) is 3.03. The molecule has 0 radical (unpaired) electrons. The minimum atomic E-state index is -0.545. The highest BCUT2D eigenvalue weighted by molar-refractivity contribution is 7.99. The first-order chi connectivity index (χ1) is 14.5. The van der Waals surface area contributed by atoms with Crippen molar-refractivity contribution in [2.45, 2.75) is 16.5 Å². The summed E-state index contributed by atoms with van der Waals surface area (Å²) in [5.41, 5.74) is 0.335. The lowest BCUT2D eigenvalue weighted by Crippen LogP contribution is -2.28. The van der Waals surface area contributed by atoms with Crippen molar-refractivity contribution in [3.63, 3.8) is 0 Å². The summed E-state index contributed by atoms with van der Waals surface area (Å²) >= 11 is 1.22. The van der Waals surface area contributed by atoms with Gasteiger partial charge in [0.2, 0.25) is 5.91 Å². The summed E-state index contributed by atoms with van der Waals surface area (Å²) in [6.45, 7) is -0.263. The van der Waals surface area contributed by atoms with E-state index in [0.29, 0.717) is 27.0 Å². The van der Waals surface area contributed by atoms with Crippen LogP contribution < -0.4 is 15.7 Å². The molecule has 2 aromatic carbocycles. The topological polar surface area (TPSA) is 90.5 Å². The Morgan fingerprint density at radius 3 is 2.67 bits per heavy atom. The van der Waals surface area contributed by atoms with Gasteiger partial charge in [-0.15, -0.1) is 5.10 Å². The van der Waals surface area contributed by atoms with Crippen LogP contribution in [0.4, 0.5) is 10.1 Å². The molecule has 4 aromatic rings. The van der Waals surface area contributed by atoms with E-state index in [-0.39, 0.29) is 12.4 Å². The number of nitrogens with zero attached hydrogens (tertiary/aromatic N) is 4. The Kier molecular flexibility index (Phi) is 5.48. The zero-order chi connectivity index (χ0) is 21.1. The third-order valence-corrected chi connectivity index (χ3v) is 5.02. The van der Waals surface area contributed by atoms with Crippen LogP contribution in [-0.4, -0.2) is 32.4 Å². The third kappa shape index (κ3) is 4.33. The molecule has 10 heteroatoms. The predicted molar refractivity (Wildman–Crippen MR) is 109 cm³/mol. The SMILES string of the molecule is COc1ccc(NC(=O)Cn2nc3ccc(Sc4cccc(F)c4)nn3c2=O)cc1. The number of fused-ring (bicyclic) bond motifs is 1. The molecule has 0 spiro atoms. The molecule has 1 N–H and O–H groups in total. The van der Waals surface area contributed by atoms with Gasteiger partial charge < -0.3 is 10.1 Å². The van der Waals surface area contributed by atoms with E-state index in [1.807, 2.05) is 0 Å². The number of anilines is 1. The Balaban J connectivity index is 1.51. The minimum Gasteiger partial charge on any atom is -0.497 e. The van der Waals surface area contributed by atoms with Crippen molar-refractivity contribution in [1.29, 1.82) is 0 Å². The number of hydrogen-bond acceptors (Lipinski definition) is 6. The second kappa shape index (κ2) is 8.37. The van der Waals surface area contributed by atoms with Crippen molar-refractivity contribution in [1.82, 2.24) is 19.4 Å². The zero-order valence-corrected chi connectivity index (χ0v) is 16.6. The van der Waals surface area contributed by atoms with Crippen LogP contribution >= 0.6 is 11.8 Å². The molecule has 0 aliphatic heterocycles. The van der Waals surface area contributed by atoms with Gasteiger partial charge >= 0.3 is 5.69 Å². The maximum Gasteiger partial charge on any atom is 0.367 e. The summed E-state index contributed by atoms with van der Waals surface area (Å²) in [5, 5.41) is 11.6. The van der Waals surface area contributed by atoms with Gasteiger partial charge in [-0.05, 0) is 54.6 Å². The lowest BCUT2D eigenvalue weighted by molar-refractivity contribution is -0.117. The molecule has 0 saturated carbocycles. The molecular formula is C20H16FN5O3S. The van der Waals surface area contributed by atoms with Gasteiger partial charge in [0.15, 0.2) is 5.65 Å². The molecule has 0 unspecified atom stereocenters. The van der Waals surface area contributed by atoms with E-state index in [0.717, 1.165) is 9.20 Å². The van der Waals surface area contributed by atoms with Crippen LogP contribution in [0.3, 0.4) is 0 Å². The number of aromatic nitrogens is 4. The number of ether oxygens (including phenoxy) is 1. The van der Waals surface area contributed by atoms with Crippen LogP contribution in [0.2, 0.25) is 0 Å². The van der Waals surface area contributed by atoms with Crippen molar-refractivity contribution >= 4 is 29.0 Å². The van der Waals surface area contributed by atoms with Crippen LogP contribution in [0.1, 0.15) is 0 Å². The smallest absolute Gasteiger partial charge is 0.367 e. The van der Waals surface area contributed by atoms with Gasteiger partial charge in [0.05, 0.1) is 7.11 Å². The van der Waals surface area contributed by atoms with Crippen molar-refractivity contribution in [3.8, 4) is 5.75 Å². The predicted octanol–water partition coefficient (Wildman–Crippen LogP) is 2.83. The fraction of sp³-hybridized carbons (Fsp3) is 0.100. The lowest BCUT2D eigenvalue weighted by atomic mass is 10.3. The van der Waals surface area contributed by atoms with Gasteiger partial charge in [-0.1, -0.05) is 17.8 Å². The number of benzene rings is 2. The molecule has 8 nitrogen and oxygen atoms in total. The molecule has 0 bridgehead atoms. The van der Waals surface area contributed by atoms with Gasteiger partial charge in [-0.25, -0.2) is 13.9 Å². The maximum atomic E-state index is 13.4. The Bertz CT molecular complexity index is 1270. The van der Waals surface area contributed by atoms with Crippen molar-refractivity contribution in [2.75, 3.05) is 12.4 Å². The highest BCUT2D eigenvalue weighted by Gasteiger charge is 2.13. The molecule has 2 aromatic heterocycles. The Hall–Kier alpha value is -3.66. The molecule has 30 heavy (non-hydrogen) atoms. The summed E-state index contributed by atoms with van der Waals surface area (Å²) in [6, 6.07) is 16.2. The van der Waals surface area contributed by atoms with E-state index >= 15 is 0 Å². The first kappa shape index (κ1) is 19.6. The molecule has 0 saturated heterocycles. The van der Waals surface area contributed by atoms with Crippen LogP contribution in [-0.2, 0) is 11.3 Å². The zero-order valence-electron chi connectivity index (χ0n) is 15.8. The number of rotatable bonds is 6. The lowest BCUT2D eigenvalue weighted by Gasteiger charge is -2.05. The Morgan fingerprint density at radius 2 is 1.93 bits per heavy atom. The molecule has 0 aliphatic carbocycles. The van der Waals surface area contributed by atoms with Crippen molar-refractivity contribution in [3.05, 3.63) is 77.0 Å². The van der Waals surface area contributed by atoms with E-state index in [2.05, 4.69) is 15.5 Å². The molecule has 0 fully saturated rings. The summed E-state index contributed by atoms with van der Waals surface area (Å²) in [7, 11) is 1.56. The highest BCUT2D eigenvalue weighted by atomic mass is 32.2. The van der Waals surface area contributed by atoms with Crippen LogP contribution in [0, 0.1) is 5.82 Å². The monoisotopic (exact) mass is 425 g/mol. The summed E-state index contributed by atoms with van der Waals surface area (Å²) in [6.07, 6.45) is 0. The molecule has 152 valence electrons. The Morgan fingerprint density at radius 1 is 1.13 bits per heavy atom. The summed E-state index contributed by atoms with van der Waals surface area (Å²) in [5.74, 6) is -0.0865. The normalized spacial score (nSPS) is 10.9. The molecule has 1 amide bonds. The van der Waals surface area contributed by atoms with Gasteiger partial charge in [-0.2, -0.15) is 9.61 Å². The van der Waals surface area contributed by atoms with Crippen LogP contribution in [0.15, 0.2) is 75.4 Å². The molecule has 2 heterocycles. The van der Waals surface area contributed by atoms with Gasteiger partial charge in [0.1, 0.15) is 23.1 Å². The molecular weight excluding hydrogens is 409 g/mol. The van der Waals surface area contributed by atoms with Gasteiger partial charge in [0, 0.05) is 10.6 Å². The van der Waals surface area contributed by atoms with Gasteiger partial charge in [0.25, 0.3) is 0 Å². The summed E-state index contributed by atoms with van der Waals surface area (Å²) in [4.78, 5) is 25.5. The number of amides is 1. The number of nitrogens with one attached hydrogen (secondary N) is 1. The van der Waals surface area contributed by atoms with E-state index in [1.165, 1.54) is 23.9 Å². The largest absolute Gasteiger partial charge is 0.497 e. The second-order valence-electron chi connectivity index (χ2n) is 6.22. The van der Waals surface area contributed by atoms with E-state index < -0.39 is 11.6 Å². The van der Waals surface area contributed by atoms with Crippen molar-refractivity contribution < 1.29 is 13.9 Å². The van der Waals surface area contributed by atoms with Crippen molar-refractivity contribution in [2.24, 2.45) is 0 Å². The maximum absolute atomic E-state index is 13.4. The van der Waals surface area contributed by atoms with Crippen LogP contribution in [0.5, 0.6) is 5.75 Å². The quantitative estimate of drug-likeness (QED) is 0.511. The first-order valence-corrected chi connectivity index (χ1v) is 9.68. The van der Waals surface area contributed by atoms with E-state index in [1.54, 1.807) is 55.6 Å². The number of carbonyl (C=O) groups is 1. The van der Waals surface area contributed by atoms with Crippen LogP contribution in [0.25, 0.3) is 5.65 Å². The Labute approximate surface area is 174 Å². The second-order valence-corrected chi connectivity index (χ2v) is 7.31. The van der Waals surface area contributed by atoms with Gasteiger partial charge in [-0.3, -0.25) is 4.79 Å². The fourth-order valence-corrected chi connectivity index (χ4v) is 3.53. The standard InChI is InChI=1S/C20H16FN5O3S/c1-29-15-7-5-14(6-8-15)22-18(27)12-25-20(28)26-17(23-25)9-10-19(24-26)30-16-4-2-3-13(21)11-16/h2-11H,12H2,1H3,(H,22,27). The third-order valence-electron chi connectivity index (χ3n) is 4.10. The first-order valence-electron chi connectivity index (χ1n) is 8.86. The number of halogens is 1.